The van der Waals surface area contributed by atoms with Crippen molar-refractivity contribution in [1.82, 2.24) is 0 Å². The SMILES string of the molecule is O=C(OCc1cc2ccccc2o1)c1ccc(Br)c([N+](=O)[O-])c1. The molecule has 23 heavy (non-hydrogen) atoms. The number of fused-ring (bicyclic) bond motifs is 1. The van der Waals surface area contributed by atoms with E-state index in [9.17, 15) is 14.9 Å². The normalized spacial score (nSPS) is 10.7. The Morgan fingerprint density at radius 3 is 2.74 bits per heavy atom. The molecular weight excluding hydrogens is 366 g/mol. The van der Waals surface area contributed by atoms with Crippen molar-refractivity contribution in [2.24, 2.45) is 0 Å². The van der Waals surface area contributed by atoms with Crippen LogP contribution < -0.4 is 0 Å². The highest BCUT2D eigenvalue weighted by molar-refractivity contribution is 9.10. The maximum absolute atomic E-state index is 12.0. The molecule has 0 saturated carbocycles. The van der Waals surface area contributed by atoms with Crippen LogP contribution in [0.2, 0.25) is 0 Å². The fraction of sp³-hybridized carbons (Fsp3) is 0.0625. The smallest absolute Gasteiger partial charge is 0.338 e. The maximum atomic E-state index is 12.0. The number of hydrogen-bond donors (Lipinski definition) is 0. The van der Waals surface area contributed by atoms with Crippen molar-refractivity contribution in [3.63, 3.8) is 0 Å². The topological polar surface area (TPSA) is 82.6 Å². The molecule has 0 atom stereocenters. The predicted octanol–water partition coefficient (Wildman–Crippen LogP) is 4.46. The van der Waals surface area contributed by atoms with E-state index in [1.54, 1.807) is 6.07 Å². The summed E-state index contributed by atoms with van der Waals surface area (Å²) in [6.07, 6.45) is 0. The van der Waals surface area contributed by atoms with Crippen molar-refractivity contribution in [2.75, 3.05) is 0 Å². The Kier molecular flexibility index (Phi) is 4.12. The Balaban J connectivity index is 1.74. The van der Waals surface area contributed by atoms with Gasteiger partial charge in [0.15, 0.2) is 0 Å². The van der Waals surface area contributed by atoms with Crippen LogP contribution in [0.15, 0.2) is 57.4 Å². The Morgan fingerprint density at radius 2 is 2.00 bits per heavy atom. The summed E-state index contributed by atoms with van der Waals surface area (Å²) in [5.74, 6) is -0.146. The minimum absolute atomic E-state index is 0.0443. The van der Waals surface area contributed by atoms with E-state index in [0.717, 1.165) is 5.39 Å². The summed E-state index contributed by atoms with van der Waals surface area (Å²) >= 11 is 3.07. The lowest BCUT2D eigenvalue weighted by Crippen LogP contribution is -2.05. The molecular formula is C16H10BrNO5. The molecule has 2 aromatic carbocycles. The first-order valence-electron chi connectivity index (χ1n) is 6.63. The van der Waals surface area contributed by atoms with Gasteiger partial charge in [-0.1, -0.05) is 18.2 Å². The third-order valence-electron chi connectivity index (χ3n) is 3.20. The van der Waals surface area contributed by atoms with Gasteiger partial charge in [0.25, 0.3) is 5.69 Å². The second kappa shape index (κ2) is 6.21. The molecule has 0 aliphatic carbocycles. The molecule has 0 unspecified atom stereocenters. The molecule has 0 fully saturated rings. The second-order valence-electron chi connectivity index (χ2n) is 4.75. The standard InChI is InChI=1S/C16H10BrNO5/c17-13-6-5-11(8-14(13)18(20)21)16(19)22-9-12-7-10-3-1-2-4-15(10)23-12/h1-8H,9H2. The third-order valence-corrected chi connectivity index (χ3v) is 3.87. The van der Waals surface area contributed by atoms with Crippen LogP contribution in [0, 0.1) is 10.1 Å². The summed E-state index contributed by atoms with van der Waals surface area (Å²) in [4.78, 5) is 22.3. The van der Waals surface area contributed by atoms with Gasteiger partial charge in [-0.3, -0.25) is 10.1 Å². The molecule has 6 nitrogen and oxygen atoms in total. The molecule has 3 rings (SSSR count). The number of benzene rings is 2. The van der Waals surface area contributed by atoms with Crippen molar-refractivity contribution in [1.29, 1.82) is 0 Å². The highest BCUT2D eigenvalue weighted by atomic mass is 79.9. The van der Waals surface area contributed by atoms with E-state index in [2.05, 4.69) is 15.9 Å². The average molecular weight is 376 g/mol. The van der Waals surface area contributed by atoms with Crippen LogP contribution in [0.4, 0.5) is 5.69 Å². The van der Waals surface area contributed by atoms with Crippen LogP contribution in [0.3, 0.4) is 0 Å². The average Bonchev–Trinajstić information content (AvgIpc) is 2.95. The number of nitro benzene ring substituents is 1. The molecule has 0 bridgehead atoms. The van der Waals surface area contributed by atoms with Gasteiger partial charge in [0.2, 0.25) is 0 Å². The Morgan fingerprint density at radius 1 is 1.22 bits per heavy atom. The number of nitro groups is 1. The van der Waals surface area contributed by atoms with E-state index in [-0.39, 0.29) is 17.9 Å². The molecule has 1 aromatic heterocycles. The summed E-state index contributed by atoms with van der Waals surface area (Å²) in [7, 11) is 0. The van der Waals surface area contributed by atoms with E-state index in [4.69, 9.17) is 9.15 Å². The van der Waals surface area contributed by atoms with Crippen LogP contribution in [-0.2, 0) is 11.3 Å². The Labute approximate surface area is 138 Å². The number of para-hydroxylation sites is 1. The van der Waals surface area contributed by atoms with Crippen molar-refractivity contribution >= 4 is 38.6 Å². The number of hydrogen-bond acceptors (Lipinski definition) is 5. The van der Waals surface area contributed by atoms with Gasteiger partial charge in [0.1, 0.15) is 18.0 Å². The number of esters is 1. The first-order valence-corrected chi connectivity index (χ1v) is 7.42. The number of nitrogens with zero attached hydrogens (tertiary/aromatic N) is 1. The van der Waals surface area contributed by atoms with E-state index in [1.165, 1.54) is 18.2 Å². The molecule has 7 heteroatoms. The van der Waals surface area contributed by atoms with Gasteiger partial charge in [-0.15, -0.1) is 0 Å². The minimum Gasteiger partial charge on any atom is -0.457 e. The van der Waals surface area contributed by atoms with E-state index >= 15 is 0 Å². The van der Waals surface area contributed by atoms with Crippen LogP contribution in [-0.4, -0.2) is 10.9 Å². The van der Waals surface area contributed by atoms with Crippen molar-refractivity contribution in [3.05, 3.63) is 74.4 Å². The van der Waals surface area contributed by atoms with Gasteiger partial charge in [0.05, 0.1) is 15.0 Å². The monoisotopic (exact) mass is 375 g/mol. The Bertz CT molecular complexity index is 869. The molecule has 0 N–H and O–H groups in total. The van der Waals surface area contributed by atoms with Crippen LogP contribution in [0.5, 0.6) is 0 Å². The van der Waals surface area contributed by atoms with Crippen molar-refractivity contribution in [2.45, 2.75) is 6.61 Å². The molecule has 116 valence electrons. The lowest BCUT2D eigenvalue weighted by molar-refractivity contribution is -0.385. The number of furan rings is 1. The molecule has 0 saturated heterocycles. The summed E-state index contributed by atoms with van der Waals surface area (Å²) in [6, 6.07) is 13.3. The van der Waals surface area contributed by atoms with Gasteiger partial charge >= 0.3 is 5.97 Å². The van der Waals surface area contributed by atoms with Gasteiger partial charge in [-0.25, -0.2) is 4.79 Å². The fourth-order valence-electron chi connectivity index (χ4n) is 2.11. The van der Waals surface area contributed by atoms with Crippen molar-refractivity contribution in [3.8, 4) is 0 Å². The maximum Gasteiger partial charge on any atom is 0.338 e. The van der Waals surface area contributed by atoms with Crippen LogP contribution in [0.25, 0.3) is 11.0 Å². The third kappa shape index (κ3) is 3.24. The quantitative estimate of drug-likeness (QED) is 0.381. The van der Waals surface area contributed by atoms with Crippen molar-refractivity contribution < 1.29 is 18.9 Å². The predicted molar refractivity (Wildman–Crippen MR) is 86.1 cm³/mol. The van der Waals surface area contributed by atoms with E-state index in [1.807, 2.05) is 24.3 Å². The molecule has 3 aromatic rings. The van der Waals surface area contributed by atoms with Gasteiger partial charge < -0.3 is 9.15 Å². The number of carbonyl (C=O) groups excluding carboxylic acids is 1. The van der Waals surface area contributed by atoms with E-state index < -0.39 is 10.9 Å². The molecule has 0 amide bonds. The van der Waals surface area contributed by atoms with Crippen LogP contribution in [0.1, 0.15) is 16.1 Å². The minimum atomic E-state index is -0.652. The molecule has 0 aliphatic rings. The number of ether oxygens (including phenoxy) is 1. The van der Waals surface area contributed by atoms with E-state index in [0.29, 0.717) is 15.8 Å². The summed E-state index contributed by atoms with van der Waals surface area (Å²) in [5.41, 5.74) is 0.622. The van der Waals surface area contributed by atoms with Crippen LogP contribution >= 0.6 is 15.9 Å². The molecule has 1 heterocycles. The number of rotatable bonds is 4. The molecule has 0 radical (unpaired) electrons. The lowest BCUT2D eigenvalue weighted by atomic mass is 10.2. The first-order chi connectivity index (χ1) is 11.0. The number of carbonyl (C=O) groups is 1. The lowest BCUT2D eigenvalue weighted by Gasteiger charge is -2.03. The fourth-order valence-corrected chi connectivity index (χ4v) is 2.50. The molecule has 0 aliphatic heterocycles. The molecule has 0 spiro atoms. The Hall–Kier alpha value is -2.67. The van der Waals surface area contributed by atoms with Gasteiger partial charge in [-0.2, -0.15) is 0 Å². The summed E-state index contributed by atoms with van der Waals surface area (Å²) in [6.45, 7) is -0.0443. The summed E-state index contributed by atoms with van der Waals surface area (Å²) < 4.78 is 11.0. The number of halogens is 1. The zero-order valence-corrected chi connectivity index (χ0v) is 13.3. The highest BCUT2D eigenvalue weighted by Gasteiger charge is 2.17. The zero-order chi connectivity index (χ0) is 16.4. The second-order valence-corrected chi connectivity index (χ2v) is 5.60. The van der Waals surface area contributed by atoms with Gasteiger partial charge in [0, 0.05) is 11.5 Å². The highest BCUT2D eigenvalue weighted by Crippen LogP contribution is 2.26. The van der Waals surface area contributed by atoms with Gasteiger partial charge in [-0.05, 0) is 40.2 Å². The zero-order valence-electron chi connectivity index (χ0n) is 11.7. The largest absolute Gasteiger partial charge is 0.457 e. The summed E-state index contributed by atoms with van der Waals surface area (Å²) in [5, 5.41) is 11.8. The first kappa shape index (κ1) is 15.2.